The highest BCUT2D eigenvalue weighted by atomic mass is 32.2. The van der Waals surface area contributed by atoms with Crippen LogP contribution in [0.15, 0.2) is 41.3 Å². The van der Waals surface area contributed by atoms with E-state index in [0.29, 0.717) is 5.69 Å². The van der Waals surface area contributed by atoms with Crippen LogP contribution in [0.5, 0.6) is 0 Å². The number of aromatic carboxylic acids is 1. The molecule has 0 aromatic heterocycles. The summed E-state index contributed by atoms with van der Waals surface area (Å²) >= 11 is 0. The molecule has 0 saturated carbocycles. The fourth-order valence-corrected chi connectivity index (χ4v) is 4.79. The van der Waals surface area contributed by atoms with E-state index in [2.05, 4.69) is 21.4 Å². The van der Waals surface area contributed by atoms with Crippen LogP contribution in [0.4, 0.5) is 24.5 Å². The highest BCUT2D eigenvalue weighted by Crippen LogP contribution is 2.31. The minimum absolute atomic E-state index is 0.0427. The Bertz CT molecular complexity index is 1230. The Morgan fingerprint density at radius 3 is 2.05 bits per heavy atom. The van der Waals surface area contributed by atoms with Gasteiger partial charge in [-0.15, -0.1) is 0 Å². The minimum atomic E-state index is -5.08. The molecule has 2 aromatic rings. The molecule has 1 saturated heterocycles. The summed E-state index contributed by atoms with van der Waals surface area (Å²) in [6.45, 7) is 10.3. The van der Waals surface area contributed by atoms with E-state index in [1.54, 1.807) is 24.3 Å². The fourth-order valence-electron chi connectivity index (χ4n) is 3.64. The number of alkyl halides is 3. The van der Waals surface area contributed by atoms with Gasteiger partial charge in [-0.1, -0.05) is 13.0 Å². The quantitative estimate of drug-likeness (QED) is 0.477. The predicted molar refractivity (Wildman–Crippen MR) is 133 cm³/mol. The van der Waals surface area contributed by atoms with Crippen LogP contribution in [-0.2, 0) is 14.8 Å². The van der Waals surface area contributed by atoms with E-state index in [1.165, 1.54) is 12.1 Å². The lowest BCUT2D eigenvalue weighted by atomic mass is 10.1. The lowest BCUT2D eigenvalue weighted by molar-refractivity contribution is -0.192. The Labute approximate surface area is 213 Å². The predicted octanol–water partition coefficient (Wildman–Crippen LogP) is 3.97. The van der Waals surface area contributed by atoms with E-state index >= 15 is 0 Å². The summed E-state index contributed by atoms with van der Waals surface area (Å²) < 4.78 is 60.4. The van der Waals surface area contributed by atoms with Crippen molar-refractivity contribution >= 4 is 33.3 Å². The summed E-state index contributed by atoms with van der Waals surface area (Å²) in [4.78, 5) is 25.0. The van der Waals surface area contributed by atoms with Crippen LogP contribution in [0.2, 0.25) is 0 Å². The van der Waals surface area contributed by atoms with Crippen molar-refractivity contribution in [2.45, 2.75) is 38.3 Å². The Balaban J connectivity index is 0.000000604. The van der Waals surface area contributed by atoms with E-state index in [1.807, 2.05) is 13.8 Å². The van der Waals surface area contributed by atoms with Crippen molar-refractivity contribution in [1.29, 1.82) is 0 Å². The number of carbonyl (C=O) groups is 2. The van der Waals surface area contributed by atoms with Crippen LogP contribution in [0, 0.1) is 13.8 Å². The number of nitrogens with zero attached hydrogens (tertiary/aromatic N) is 2. The number of nitrogens with one attached hydrogen (secondary N) is 1. The molecule has 37 heavy (non-hydrogen) atoms. The minimum Gasteiger partial charge on any atom is -0.478 e. The van der Waals surface area contributed by atoms with Gasteiger partial charge in [0.25, 0.3) is 10.0 Å². The van der Waals surface area contributed by atoms with Gasteiger partial charge < -0.3 is 15.1 Å². The lowest BCUT2D eigenvalue weighted by Crippen LogP contribution is -2.46. The smallest absolute Gasteiger partial charge is 0.478 e. The van der Waals surface area contributed by atoms with Crippen LogP contribution in [0.25, 0.3) is 0 Å². The summed E-state index contributed by atoms with van der Waals surface area (Å²) in [6.07, 6.45) is -3.99. The number of rotatable bonds is 7. The molecule has 0 unspecified atom stereocenters. The number of aryl methyl sites for hydroxylation is 2. The number of sulfonamides is 1. The average Bonchev–Trinajstić information content (AvgIpc) is 2.81. The molecule has 0 aliphatic carbocycles. The Morgan fingerprint density at radius 2 is 1.57 bits per heavy atom. The summed E-state index contributed by atoms with van der Waals surface area (Å²) in [7, 11) is -3.86. The van der Waals surface area contributed by atoms with E-state index in [4.69, 9.17) is 9.90 Å². The Hall–Kier alpha value is -3.32. The maximum atomic E-state index is 13.0. The zero-order valence-electron chi connectivity index (χ0n) is 20.7. The van der Waals surface area contributed by atoms with E-state index in [0.717, 1.165) is 50.3 Å². The van der Waals surface area contributed by atoms with Crippen molar-refractivity contribution in [3.8, 4) is 0 Å². The van der Waals surface area contributed by atoms with Gasteiger partial charge in [0.2, 0.25) is 0 Å². The Kier molecular flexibility index (Phi) is 9.93. The number of hydrogen-bond acceptors (Lipinski definition) is 6. The van der Waals surface area contributed by atoms with Gasteiger partial charge in [-0.2, -0.15) is 13.2 Å². The van der Waals surface area contributed by atoms with E-state index in [-0.39, 0.29) is 16.1 Å². The third-order valence-corrected chi connectivity index (χ3v) is 7.13. The van der Waals surface area contributed by atoms with Gasteiger partial charge in [-0.05, 0) is 68.3 Å². The molecule has 204 valence electrons. The van der Waals surface area contributed by atoms with Crippen molar-refractivity contribution in [3.63, 3.8) is 0 Å². The van der Waals surface area contributed by atoms with Gasteiger partial charge in [0.05, 0.1) is 21.8 Å². The number of hydrogen-bond donors (Lipinski definition) is 3. The largest absolute Gasteiger partial charge is 0.490 e. The number of halogens is 3. The molecule has 1 heterocycles. The molecule has 0 amide bonds. The van der Waals surface area contributed by atoms with Gasteiger partial charge in [0, 0.05) is 26.2 Å². The molecule has 1 fully saturated rings. The first-order valence-corrected chi connectivity index (χ1v) is 12.9. The third-order valence-electron chi connectivity index (χ3n) is 5.77. The molecular formula is C24H30F3N3O6S. The fraction of sp³-hybridized carbons (Fsp3) is 0.417. The van der Waals surface area contributed by atoms with E-state index < -0.39 is 28.1 Å². The van der Waals surface area contributed by atoms with Crippen LogP contribution in [0.1, 0.15) is 34.8 Å². The molecule has 3 rings (SSSR count). The second kappa shape index (κ2) is 12.3. The first-order chi connectivity index (χ1) is 17.2. The average molecular weight is 546 g/mol. The monoisotopic (exact) mass is 545 g/mol. The topological polar surface area (TPSA) is 127 Å². The van der Waals surface area contributed by atoms with Gasteiger partial charge in [0.1, 0.15) is 0 Å². The van der Waals surface area contributed by atoms with Gasteiger partial charge in [-0.3, -0.25) is 9.62 Å². The molecule has 2 aromatic carbocycles. The second-order valence-electron chi connectivity index (χ2n) is 8.52. The summed E-state index contributed by atoms with van der Waals surface area (Å²) in [5, 5.41) is 16.5. The highest BCUT2D eigenvalue weighted by molar-refractivity contribution is 7.92. The van der Waals surface area contributed by atoms with Crippen molar-refractivity contribution in [2.24, 2.45) is 0 Å². The molecule has 0 radical (unpaired) electrons. The normalized spacial score (nSPS) is 14.5. The molecule has 13 heteroatoms. The summed E-state index contributed by atoms with van der Waals surface area (Å²) in [6, 6.07) is 9.57. The molecule has 1 aliphatic heterocycles. The molecular weight excluding hydrogens is 515 g/mol. The van der Waals surface area contributed by atoms with Gasteiger partial charge in [0.15, 0.2) is 0 Å². The van der Waals surface area contributed by atoms with Gasteiger partial charge >= 0.3 is 18.1 Å². The number of benzene rings is 2. The number of piperazine rings is 1. The maximum absolute atomic E-state index is 13.0. The molecule has 0 atom stereocenters. The molecule has 0 bridgehead atoms. The molecule has 9 nitrogen and oxygen atoms in total. The standard InChI is InChI=1S/C22H29N3O4S.C2HF3O2/c1-4-9-24-10-12-25(13-11-24)21-8-6-18(22(26)27)15-20(21)23-30(28,29)19-7-5-16(2)17(3)14-19;3-2(4,5)1(6)7/h5-8,14-15,23H,4,9-13H2,1-3H3,(H,26,27);(H,6,7). The summed E-state index contributed by atoms with van der Waals surface area (Å²) in [5.41, 5.74) is 2.92. The molecule has 3 N–H and O–H groups in total. The van der Waals surface area contributed by atoms with Crippen LogP contribution in [-0.4, -0.2) is 74.4 Å². The maximum Gasteiger partial charge on any atom is 0.490 e. The van der Waals surface area contributed by atoms with Crippen molar-refractivity contribution in [3.05, 3.63) is 53.1 Å². The van der Waals surface area contributed by atoms with Crippen LogP contribution >= 0.6 is 0 Å². The number of carboxylic acids is 2. The van der Waals surface area contributed by atoms with Crippen LogP contribution in [0.3, 0.4) is 0 Å². The number of anilines is 2. The SMILES string of the molecule is CCCN1CCN(c2ccc(C(=O)O)cc2NS(=O)(=O)c2ccc(C)c(C)c2)CC1.O=C(O)C(F)(F)F. The first-order valence-electron chi connectivity index (χ1n) is 11.4. The molecule has 1 aliphatic rings. The zero-order valence-corrected chi connectivity index (χ0v) is 21.5. The zero-order chi connectivity index (χ0) is 28.0. The second-order valence-corrected chi connectivity index (χ2v) is 10.2. The third kappa shape index (κ3) is 8.35. The van der Waals surface area contributed by atoms with Crippen molar-refractivity contribution in [1.82, 2.24) is 4.90 Å². The molecule has 0 spiro atoms. The summed E-state index contributed by atoms with van der Waals surface area (Å²) in [5.74, 6) is -3.85. The van der Waals surface area contributed by atoms with E-state index in [9.17, 15) is 31.5 Å². The Morgan fingerprint density at radius 1 is 0.973 bits per heavy atom. The number of carboxylic acid groups (broad SMARTS) is 2. The van der Waals surface area contributed by atoms with Crippen molar-refractivity contribution in [2.75, 3.05) is 42.3 Å². The van der Waals surface area contributed by atoms with Crippen LogP contribution < -0.4 is 9.62 Å². The first kappa shape index (κ1) is 29.9. The lowest BCUT2D eigenvalue weighted by Gasteiger charge is -2.37. The number of aliphatic carboxylic acids is 1. The van der Waals surface area contributed by atoms with Gasteiger partial charge in [-0.25, -0.2) is 18.0 Å². The highest BCUT2D eigenvalue weighted by Gasteiger charge is 2.38. The van der Waals surface area contributed by atoms with Crippen molar-refractivity contribution < 1.29 is 41.4 Å².